The molecule has 0 aliphatic rings. The summed E-state index contributed by atoms with van der Waals surface area (Å²) in [6.07, 6.45) is 0.296. The zero-order valence-corrected chi connectivity index (χ0v) is 28.9. The molecule has 0 heterocycles. The van der Waals surface area contributed by atoms with Crippen molar-refractivity contribution in [3.05, 3.63) is 35.9 Å². The van der Waals surface area contributed by atoms with E-state index in [2.05, 4.69) is 62.5 Å². The molecule has 0 unspecified atom stereocenters. The van der Waals surface area contributed by atoms with Crippen molar-refractivity contribution in [2.24, 2.45) is 11.5 Å². The Bertz CT molecular complexity index is 1320. The summed E-state index contributed by atoms with van der Waals surface area (Å²) >= 11 is 7.99. The molecule has 20 heteroatoms. The smallest absolute Gasteiger partial charge is 0.327 e. The standard InChI is InChI=1S/C29H46N10O8S2/c1-15(30)23(41)38-20(13-48)27(45)36-18(9-6-10-33-29(31)32)26(44)37-19(11-17-7-4-3-5-8-17)25(43)34-12-22(40)35-16(2)24(42)39-21(14-49)28(46)47/h3-5,7-8,15-16,18-21,48-49H,6,9-14,30H2,1-2H3,(H,34,43)(H,35,40)(H,36,45)(H,37,44)(H,38,41)(H,39,42)(H,46,47)(H4,31,32,33)/t15-,16-,18-,19-,20-,21-/m0/s1. The minimum absolute atomic E-state index is 0.00455. The number of aliphatic carboxylic acids is 1. The number of carboxylic acid groups (broad SMARTS) is 1. The van der Waals surface area contributed by atoms with Crippen molar-refractivity contribution in [2.45, 2.75) is 69.4 Å². The van der Waals surface area contributed by atoms with Crippen LogP contribution in [0.5, 0.6) is 0 Å². The van der Waals surface area contributed by atoms with Crippen molar-refractivity contribution in [1.29, 1.82) is 5.41 Å². The van der Waals surface area contributed by atoms with Crippen molar-refractivity contribution in [1.82, 2.24) is 37.2 Å². The molecule has 0 saturated heterocycles. The Morgan fingerprint density at radius 3 is 1.86 bits per heavy atom. The van der Waals surface area contributed by atoms with Gasteiger partial charge in [0.2, 0.25) is 35.4 Å². The quantitative estimate of drug-likeness (QED) is 0.0254. The molecule has 1 aromatic rings. The largest absolute Gasteiger partial charge is 0.480 e. The van der Waals surface area contributed by atoms with Crippen molar-refractivity contribution in [3.8, 4) is 0 Å². The van der Waals surface area contributed by atoms with Gasteiger partial charge in [-0.1, -0.05) is 30.3 Å². The fraction of sp³-hybridized carbons (Fsp3) is 0.517. The van der Waals surface area contributed by atoms with Gasteiger partial charge < -0.3 is 53.8 Å². The number of carboxylic acids is 1. The van der Waals surface area contributed by atoms with Crippen LogP contribution in [0, 0.1) is 5.41 Å². The van der Waals surface area contributed by atoms with Gasteiger partial charge in [-0.2, -0.15) is 25.3 Å². The predicted octanol–water partition coefficient (Wildman–Crippen LogP) is -3.66. The Hall–Kier alpha value is -4.56. The Balaban J connectivity index is 3.09. The maximum absolute atomic E-state index is 13.6. The monoisotopic (exact) mass is 726 g/mol. The van der Waals surface area contributed by atoms with Gasteiger partial charge in [0, 0.05) is 24.5 Å². The molecule has 0 aliphatic heterocycles. The van der Waals surface area contributed by atoms with Crippen LogP contribution in [0.1, 0.15) is 32.3 Å². The van der Waals surface area contributed by atoms with E-state index in [-0.39, 0.29) is 43.3 Å². The van der Waals surface area contributed by atoms with E-state index in [1.807, 2.05) is 0 Å². The lowest BCUT2D eigenvalue weighted by molar-refractivity contribution is -0.141. The van der Waals surface area contributed by atoms with Gasteiger partial charge in [-0.15, -0.1) is 0 Å². The van der Waals surface area contributed by atoms with Crippen LogP contribution in [-0.2, 0) is 40.0 Å². The second-order valence-corrected chi connectivity index (χ2v) is 11.6. The highest BCUT2D eigenvalue weighted by Gasteiger charge is 2.30. The van der Waals surface area contributed by atoms with Crippen LogP contribution in [0.2, 0.25) is 0 Å². The molecule has 272 valence electrons. The van der Waals surface area contributed by atoms with Gasteiger partial charge in [-0.25, -0.2) is 4.79 Å². The molecule has 0 fully saturated rings. The summed E-state index contributed by atoms with van der Waals surface area (Å²) in [6.45, 7) is 2.36. The van der Waals surface area contributed by atoms with Gasteiger partial charge in [0.1, 0.15) is 30.2 Å². The predicted molar refractivity (Wildman–Crippen MR) is 187 cm³/mol. The summed E-state index contributed by atoms with van der Waals surface area (Å²) in [5.74, 6) is -6.28. The van der Waals surface area contributed by atoms with Crippen LogP contribution >= 0.6 is 25.3 Å². The minimum Gasteiger partial charge on any atom is -0.480 e. The number of nitrogens with one attached hydrogen (secondary N) is 8. The molecule has 0 saturated carbocycles. The van der Waals surface area contributed by atoms with Crippen molar-refractivity contribution in [3.63, 3.8) is 0 Å². The molecule has 0 radical (unpaired) electrons. The van der Waals surface area contributed by atoms with E-state index in [4.69, 9.17) is 22.0 Å². The number of nitrogens with two attached hydrogens (primary N) is 2. The fourth-order valence-electron chi connectivity index (χ4n) is 4.03. The zero-order chi connectivity index (χ0) is 37.1. The van der Waals surface area contributed by atoms with E-state index in [0.717, 1.165) is 0 Å². The SMILES string of the molecule is C[C@H](N)C(=O)N[C@@H](CS)C(=O)N[C@@H](CCCNC(=N)N)C(=O)N[C@@H](Cc1ccccc1)C(=O)NCC(=O)N[C@@H](C)C(=O)N[C@@H](CS)C(=O)O. The Labute approximate surface area is 294 Å². The Morgan fingerprint density at radius 2 is 1.31 bits per heavy atom. The van der Waals surface area contributed by atoms with Gasteiger partial charge in [0.25, 0.3) is 0 Å². The molecule has 0 aromatic heterocycles. The number of carbonyl (C=O) groups is 7. The summed E-state index contributed by atoms with van der Waals surface area (Å²) in [5, 5.41) is 33.7. The van der Waals surface area contributed by atoms with Crippen molar-refractivity contribution in [2.75, 3.05) is 24.6 Å². The molecule has 13 N–H and O–H groups in total. The molecule has 6 atom stereocenters. The molecule has 1 rings (SSSR count). The van der Waals surface area contributed by atoms with E-state index < -0.39 is 84.2 Å². The molecule has 1 aromatic carbocycles. The van der Waals surface area contributed by atoms with E-state index in [9.17, 15) is 33.6 Å². The molecular formula is C29H46N10O8S2. The molecular weight excluding hydrogens is 681 g/mol. The van der Waals surface area contributed by atoms with E-state index in [1.54, 1.807) is 30.3 Å². The first-order valence-corrected chi connectivity index (χ1v) is 16.5. The first-order chi connectivity index (χ1) is 23.1. The maximum atomic E-state index is 13.6. The topological polar surface area (TPSA) is 300 Å². The highest BCUT2D eigenvalue weighted by Crippen LogP contribution is 2.06. The fourth-order valence-corrected chi connectivity index (χ4v) is 4.53. The third-order valence-electron chi connectivity index (χ3n) is 6.75. The lowest BCUT2D eigenvalue weighted by Crippen LogP contribution is -2.58. The number of rotatable bonds is 21. The average molecular weight is 727 g/mol. The highest BCUT2D eigenvalue weighted by molar-refractivity contribution is 7.80. The van der Waals surface area contributed by atoms with Crippen LogP contribution < -0.4 is 48.7 Å². The second-order valence-electron chi connectivity index (χ2n) is 10.9. The van der Waals surface area contributed by atoms with E-state index in [0.29, 0.717) is 5.56 Å². The van der Waals surface area contributed by atoms with Gasteiger partial charge in [0.15, 0.2) is 5.96 Å². The normalized spacial score (nSPS) is 14.3. The van der Waals surface area contributed by atoms with Gasteiger partial charge >= 0.3 is 5.97 Å². The molecule has 0 spiro atoms. The lowest BCUT2D eigenvalue weighted by atomic mass is 10.0. The molecule has 0 bridgehead atoms. The second kappa shape index (κ2) is 22.1. The maximum Gasteiger partial charge on any atom is 0.327 e. The number of hydrogen-bond acceptors (Lipinski definition) is 11. The van der Waals surface area contributed by atoms with Crippen LogP contribution in [0.15, 0.2) is 30.3 Å². The van der Waals surface area contributed by atoms with E-state index in [1.165, 1.54) is 13.8 Å². The first kappa shape index (κ1) is 42.5. The lowest BCUT2D eigenvalue weighted by Gasteiger charge is -2.25. The molecule has 49 heavy (non-hydrogen) atoms. The van der Waals surface area contributed by atoms with Crippen LogP contribution in [-0.4, -0.2) is 113 Å². The number of amides is 6. The van der Waals surface area contributed by atoms with Crippen LogP contribution in [0.3, 0.4) is 0 Å². The summed E-state index contributed by atoms with van der Waals surface area (Å²) in [5.41, 5.74) is 11.6. The van der Waals surface area contributed by atoms with Crippen molar-refractivity contribution < 1.29 is 38.7 Å². The minimum atomic E-state index is -1.30. The van der Waals surface area contributed by atoms with Crippen LogP contribution in [0.25, 0.3) is 0 Å². The third kappa shape index (κ3) is 16.4. The summed E-state index contributed by atoms with van der Waals surface area (Å²) in [4.78, 5) is 88.1. The van der Waals surface area contributed by atoms with Gasteiger partial charge in [-0.05, 0) is 32.3 Å². The number of guanidine groups is 1. The number of carbonyl (C=O) groups excluding carboxylic acids is 6. The number of hydrogen-bond donors (Lipinski definition) is 13. The molecule has 6 amide bonds. The molecule has 18 nitrogen and oxygen atoms in total. The summed E-state index contributed by atoms with van der Waals surface area (Å²) < 4.78 is 0. The van der Waals surface area contributed by atoms with Crippen LogP contribution in [0.4, 0.5) is 0 Å². The third-order valence-corrected chi connectivity index (χ3v) is 7.48. The van der Waals surface area contributed by atoms with Gasteiger partial charge in [-0.3, -0.25) is 34.2 Å². The number of benzene rings is 1. The summed E-state index contributed by atoms with van der Waals surface area (Å²) in [7, 11) is 0. The number of thiol groups is 2. The summed E-state index contributed by atoms with van der Waals surface area (Å²) in [6, 6.07) is 1.76. The average Bonchev–Trinajstić information content (AvgIpc) is 3.05. The zero-order valence-electron chi connectivity index (χ0n) is 27.2. The Morgan fingerprint density at radius 1 is 0.755 bits per heavy atom. The van der Waals surface area contributed by atoms with E-state index >= 15 is 0 Å². The van der Waals surface area contributed by atoms with Crippen molar-refractivity contribution >= 4 is 72.6 Å². The molecule has 0 aliphatic carbocycles. The van der Waals surface area contributed by atoms with Gasteiger partial charge in [0.05, 0.1) is 12.6 Å². The Kier molecular flexibility index (Phi) is 19.2. The highest BCUT2D eigenvalue weighted by atomic mass is 32.1. The first-order valence-electron chi connectivity index (χ1n) is 15.2.